The van der Waals surface area contributed by atoms with E-state index >= 15 is 0 Å². The van der Waals surface area contributed by atoms with Crippen LogP contribution in [0.5, 0.6) is 0 Å². The van der Waals surface area contributed by atoms with E-state index in [9.17, 15) is 0 Å². The number of rotatable bonds is 4. The van der Waals surface area contributed by atoms with Crippen LogP contribution in [0.4, 0.5) is 11.4 Å². The number of nitrogens with one attached hydrogen (secondary N) is 2. The molecule has 0 atom stereocenters. The third kappa shape index (κ3) is 5.37. The summed E-state index contributed by atoms with van der Waals surface area (Å²) in [7, 11) is -2.45. The molecule has 2 N–H and O–H groups in total. The molecular weight excluding hydrogens is 228 g/mol. The number of hydrogen-bond acceptors (Lipinski definition) is 2. The molecule has 0 unspecified atom stereocenters. The van der Waals surface area contributed by atoms with Crippen LogP contribution in [0.25, 0.3) is 0 Å². The average Bonchev–Trinajstić information content (AvgIpc) is 2.03. The predicted octanol–water partition coefficient (Wildman–Crippen LogP) is 4.18. The lowest BCUT2D eigenvalue weighted by Gasteiger charge is -2.22. The highest BCUT2D eigenvalue weighted by Gasteiger charge is 2.14. The maximum atomic E-state index is 3.59. The minimum absolute atomic E-state index is 1.22. The molecule has 0 amide bonds. The summed E-state index contributed by atoms with van der Waals surface area (Å²) in [5, 5.41) is 0. The van der Waals surface area contributed by atoms with E-state index in [0.717, 1.165) is 0 Å². The normalized spacial score (nSPS) is 12.4. The molecule has 16 heavy (non-hydrogen) atoms. The van der Waals surface area contributed by atoms with Crippen LogP contribution in [0, 0.1) is 0 Å². The Morgan fingerprint density at radius 2 is 0.875 bits per heavy atom. The van der Waals surface area contributed by atoms with E-state index in [1.165, 1.54) is 11.4 Å². The van der Waals surface area contributed by atoms with Gasteiger partial charge < -0.3 is 9.96 Å². The Hall–Kier alpha value is -0.746. The van der Waals surface area contributed by atoms with Crippen LogP contribution in [0.3, 0.4) is 0 Å². The number of benzene rings is 1. The highest BCUT2D eigenvalue weighted by molar-refractivity contribution is 6.79. The summed E-state index contributed by atoms with van der Waals surface area (Å²) >= 11 is 0. The third-order valence-corrected chi connectivity index (χ3v) is 4.00. The lowest BCUT2D eigenvalue weighted by Crippen LogP contribution is -2.33. The van der Waals surface area contributed by atoms with Gasteiger partial charge in [-0.15, -0.1) is 0 Å². The number of anilines is 2. The van der Waals surface area contributed by atoms with Gasteiger partial charge in [0.05, 0.1) is 0 Å². The van der Waals surface area contributed by atoms with E-state index in [1.54, 1.807) is 0 Å². The molecule has 0 saturated heterocycles. The Morgan fingerprint density at radius 1 is 0.625 bits per heavy atom. The Kier molecular flexibility index (Phi) is 3.85. The Labute approximate surface area is 102 Å². The minimum atomic E-state index is -1.22. The molecule has 0 aliphatic rings. The van der Waals surface area contributed by atoms with Crippen LogP contribution in [0.2, 0.25) is 39.3 Å². The van der Waals surface area contributed by atoms with Crippen molar-refractivity contribution in [2.45, 2.75) is 39.3 Å². The zero-order valence-electron chi connectivity index (χ0n) is 11.3. The lowest BCUT2D eigenvalue weighted by molar-refractivity contribution is 1.54. The first kappa shape index (κ1) is 13.3. The molecule has 1 aromatic carbocycles. The second kappa shape index (κ2) is 4.63. The van der Waals surface area contributed by atoms with E-state index in [0.29, 0.717) is 0 Å². The van der Waals surface area contributed by atoms with Crippen molar-refractivity contribution < 1.29 is 0 Å². The summed E-state index contributed by atoms with van der Waals surface area (Å²) < 4.78 is 0. The van der Waals surface area contributed by atoms with Gasteiger partial charge in [-0.05, 0) is 24.3 Å². The first-order valence-corrected chi connectivity index (χ1v) is 12.8. The van der Waals surface area contributed by atoms with Gasteiger partial charge in [-0.25, -0.2) is 0 Å². The highest BCUT2D eigenvalue weighted by Crippen LogP contribution is 2.18. The molecule has 90 valence electrons. The molecule has 0 aromatic heterocycles. The summed E-state index contributed by atoms with van der Waals surface area (Å²) in [5.41, 5.74) is 2.47. The Balaban J connectivity index is 2.69. The second-order valence-electron chi connectivity index (χ2n) is 6.33. The van der Waals surface area contributed by atoms with Crippen LogP contribution in [-0.2, 0) is 0 Å². The largest absolute Gasteiger partial charge is 0.411 e. The fourth-order valence-corrected chi connectivity index (χ4v) is 3.57. The summed E-state index contributed by atoms with van der Waals surface area (Å²) in [6.07, 6.45) is 0. The molecule has 0 aliphatic carbocycles. The molecule has 0 saturated carbocycles. The second-order valence-corrected chi connectivity index (χ2v) is 15.8. The van der Waals surface area contributed by atoms with Gasteiger partial charge in [0.25, 0.3) is 0 Å². The zero-order chi connectivity index (χ0) is 12.4. The summed E-state index contributed by atoms with van der Waals surface area (Å²) in [6, 6.07) is 8.67. The predicted molar refractivity (Wildman–Crippen MR) is 80.4 cm³/mol. The smallest absolute Gasteiger partial charge is 0.144 e. The summed E-state index contributed by atoms with van der Waals surface area (Å²) in [4.78, 5) is 7.19. The molecule has 0 spiro atoms. The van der Waals surface area contributed by atoms with Crippen LogP contribution >= 0.6 is 0 Å². The molecule has 0 radical (unpaired) electrons. The van der Waals surface area contributed by atoms with Crippen molar-refractivity contribution in [1.29, 1.82) is 0 Å². The molecule has 2 nitrogen and oxygen atoms in total. The van der Waals surface area contributed by atoms with E-state index in [-0.39, 0.29) is 0 Å². The fraction of sp³-hybridized carbons (Fsp3) is 0.500. The van der Waals surface area contributed by atoms with Crippen molar-refractivity contribution in [1.82, 2.24) is 0 Å². The van der Waals surface area contributed by atoms with Gasteiger partial charge in [0, 0.05) is 11.4 Å². The lowest BCUT2D eigenvalue weighted by atomic mass is 10.3. The van der Waals surface area contributed by atoms with Crippen molar-refractivity contribution in [3.8, 4) is 0 Å². The zero-order valence-corrected chi connectivity index (χ0v) is 13.3. The van der Waals surface area contributed by atoms with Crippen molar-refractivity contribution in [2.24, 2.45) is 0 Å². The van der Waals surface area contributed by atoms with E-state index in [4.69, 9.17) is 0 Å². The van der Waals surface area contributed by atoms with E-state index < -0.39 is 16.5 Å². The Morgan fingerprint density at radius 3 is 1.06 bits per heavy atom. The Bertz CT molecular complexity index is 299. The van der Waals surface area contributed by atoms with Gasteiger partial charge in [0.2, 0.25) is 0 Å². The van der Waals surface area contributed by atoms with Crippen LogP contribution < -0.4 is 9.96 Å². The van der Waals surface area contributed by atoms with E-state index in [1.807, 2.05) is 0 Å². The molecule has 0 bridgehead atoms. The van der Waals surface area contributed by atoms with Gasteiger partial charge in [-0.2, -0.15) is 0 Å². The molecule has 4 heteroatoms. The molecule has 0 heterocycles. The molecule has 1 rings (SSSR count). The third-order valence-electron chi connectivity index (χ3n) is 1.92. The van der Waals surface area contributed by atoms with E-state index in [2.05, 4.69) is 73.5 Å². The number of hydrogen-bond donors (Lipinski definition) is 2. The van der Waals surface area contributed by atoms with Crippen LogP contribution in [-0.4, -0.2) is 16.5 Å². The molecular formula is C12H24N2Si2. The topological polar surface area (TPSA) is 24.1 Å². The van der Waals surface area contributed by atoms with Crippen molar-refractivity contribution in [3.63, 3.8) is 0 Å². The highest BCUT2D eigenvalue weighted by atomic mass is 28.3. The maximum Gasteiger partial charge on any atom is 0.144 e. The first-order valence-electron chi connectivity index (χ1n) is 5.82. The van der Waals surface area contributed by atoms with Crippen molar-refractivity contribution >= 4 is 27.8 Å². The van der Waals surface area contributed by atoms with Gasteiger partial charge in [-0.1, -0.05) is 39.3 Å². The van der Waals surface area contributed by atoms with Crippen molar-refractivity contribution in [3.05, 3.63) is 24.3 Å². The van der Waals surface area contributed by atoms with Crippen LogP contribution in [0.1, 0.15) is 0 Å². The monoisotopic (exact) mass is 252 g/mol. The fourth-order valence-electron chi connectivity index (χ4n) is 1.50. The van der Waals surface area contributed by atoms with Gasteiger partial charge in [0.15, 0.2) is 0 Å². The van der Waals surface area contributed by atoms with Gasteiger partial charge in [0.1, 0.15) is 16.5 Å². The molecule has 0 aliphatic heterocycles. The van der Waals surface area contributed by atoms with Gasteiger partial charge >= 0.3 is 0 Å². The first-order chi connectivity index (χ1) is 7.16. The summed E-state index contributed by atoms with van der Waals surface area (Å²) in [5.74, 6) is 0. The van der Waals surface area contributed by atoms with Crippen molar-refractivity contribution in [2.75, 3.05) is 9.96 Å². The quantitative estimate of drug-likeness (QED) is 0.786. The summed E-state index contributed by atoms with van der Waals surface area (Å²) in [6.45, 7) is 13.8. The molecule has 0 fully saturated rings. The maximum absolute atomic E-state index is 3.59. The minimum Gasteiger partial charge on any atom is -0.411 e. The molecule has 1 aromatic rings. The van der Waals surface area contributed by atoms with Crippen LogP contribution in [0.15, 0.2) is 24.3 Å². The standard InChI is InChI=1S/C12H24N2Si2/c1-15(2,3)13-11-7-9-12(10-8-11)14-16(4,5)6/h7-10,13-14H,1-6H3. The van der Waals surface area contributed by atoms with Gasteiger partial charge in [-0.3, -0.25) is 0 Å². The SMILES string of the molecule is C[Si](C)(C)Nc1ccc(N[Si](C)(C)C)cc1. The average molecular weight is 253 g/mol.